The zero-order valence-corrected chi connectivity index (χ0v) is 22.2. The molecule has 4 rings (SSSR count). The first-order chi connectivity index (χ1) is 17.9. The van der Waals surface area contributed by atoms with Crippen LogP contribution in [0.1, 0.15) is 26.5 Å². The van der Waals surface area contributed by atoms with Crippen LogP contribution in [0.3, 0.4) is 0 Å². The third kappa shape index (κ3) is 5.76. The van der Waals surface area contributed by atoms with Crippen molar-refractivity contribution >= 4 is 27.4 Å². The summed E-state index contributed by atoms with van der Waals surface area (Å²) in [5.74, 6) is -1.62. The molecule has 1 amide bonds. The fourth-order valence-electron chi connectivity index (χ4n) is 3.82. The third-order valence-electron chi connectivity index (χ3n) is 6.40. The molecule has 1 saturated heterocycles. The second-order valence-corrected chi connectivity index (χ2v) is 12.0. The van der Waals surface area contributed by atoms with Crippen LogP contribution >= 0.6 is 0 Å². The molecular formula is C26H28F2N4O5S. The Labute approximate surface area is 219 Å². The normalized spacial score (nSPS) is 16.3. The van der Waals surface area contributed by atoms with Crippen LogP contribution in [-0.4, -0.2) is 56.5 Å². The van der Waals surface area contributed by atoms with Gasteiger partial charge in [-0.1, -0.05) is 18.2 Å². The summed E-state index contributed by atoms with van der Waals surface area (Å²) in [4.78, 5) is 23.0. The minimum absolute atomic E-state index is 0.0321. The van der Waals surface area contributed by atoms with Crippen LogP contribution in [0.5, 0.6) is 5.75 Å². The molecule has 12 heteroatoms. The van der Waals surface area contributed by atoms with Crippen molar-refractivity contribution in [3.05, 3.63) is 65.9 Å². The maximum absolute atomic E-state index is 15.0. The van der Waals surface area contributed by atoms with E-state index in [9.17, 15) is 13.2 Å². The zero-order chi connectivity index (χ0) is 27.7. The lowest BCUT2D eigenvalue weighted by Crippen LogP contribution is -2.44. The minimum Gasteiger partial charge on any atom is -0.410 e. The molecule has 2 aromatic carbocycles. The molecule has 3 aromatic rings. The fourth-order valence-corrected chi connectivity index (χ4v) is 4.31. The summed E-state index contributed by atoms with van der Waals surface area (Å²) in [6.07, 6.45) is 0.0265. The molecule has 1 aromatic heterocycles. The van der Waals surface area contributed by atoms with Crippen molar-refractivity contribution in [2.75, 3.05) is 36.2 Å². The molecule has 2 heterocycles. The highest BCUT2D eigenvalue weighted by Crippen LogP contribution is 2.33. The average Bonchev–Trinajstić information content (AvgIpc) is 2.86. The smallest absolute Gasteiger partial charge is 0.410 e. The van der Waals surface area contributed by atoms with Gasteiger partial charge in [0.2, 0.25) is 0 Å². The van der Waals surface area contributed by atoms with Crippen molar-refractivity contribution in [3.8, 4) is 17.1 Å². The number of nitrogens with zero attached hydrogens (tertiary/aromatic N) is 3. The Balaban J connectivity index is 1.73. The first kappa shape index (κ1) is 27.4. The number of anilines is 2. The lowest BCUT2D eigenvalue weighted by molar-refractivity contribution is 0.0985. The van der Waals surface area contributed by atoms with E-state index in [4.69, 9.17) is 9.47 Å². The summed E-state index contributed by atoms with van der Waals surface area (Å²) in [5, 5.41) is 2.08. The molecule has 0 bridgehead atoms. The number of hydrogen-bond acceptors (Lipinski definition) is 8. The van der Waals surface area contributed by atoms with E-state index in [1.54, 1.807) is 24.3 Å². The highest BCUT2D eigenvalue weighted by Gasteiger charge is 2.36. The van der Waals surface area contributed by atoms with E-state index in [-0.39, 0.29) is 28.9 Å². The largest absolute Gasteiger partial charge is 0.417 e. The number of sulfone groups is 1. The van der Waals surface area contributed by atoms with Gasteiger partial charge in [-0.25, -0.2) is 32.0 Å². The summed E-state index contributed by atoms with van der Waals surface area (Å²) in [5.41, 5.74) is -0.562. The van der Waals surface area contributed by atoms with Crippen molar-refractivity contribution in [3.63, 3.8) is 0 Å². The van der Waals surface area contributed by atoms with Crippen LogP contribution in [0.4, 0.5) is 25.1 Å². The second-order valence-electron chi connectivity index (χ2n) is 9.48. The summed E-state index contributed by atoms with van der Waals surface area (Å²) < 4.78 is 64.4. The zero-order valence-electron chi connectivity index (χ0n) is 21.4. The molecule has 38 heavy (non-hydrogen) atoms. The molecule has 0 aliphatic carbocycles. The van der Waals surface area contributed by atoms with Gasteiger partial charge in [-0.15, -0.1) is 0 Å². The van der Waals surface area contributed by atoms with Crippen LogP contribution in [0.15, 0.2) is 48.5 Å². The molecule has 0 spiro atoms. The van der Waals surface area contributed by atoms with Crippen molar-refractivity contribution in [2.45, 2.75) is 31.6 Å². The first-order valence-electron chi connectivity index (χ1n) is 11.8. The number of benzene rings is 2. The molecule has 0 saturated carbocycles. The van der Waals surface area contributed by atoms with E-state index in [0.29, 0.717) is 25.6 Å². The molecule has 0 radical (unpaired) electrons. The van der Waals surface area contributed by atoms with Crippen molar-refractivity contribution in [2.24, 2.45) is 0 Å². The number of morpholine rings is 1. The Hall–Kier alpha value is -3.64. The molecular weight excluding hydrogens is 518 g/mol. The minimum atomic E-state index is -3.62. The van der Waals surface area contributed by atoms with E-state index in [0.717, 1.165) is 18.4 Å². The first-order valence-corrected chi connectivity index (χ1v) is 13.7. The lowest BCUT2D eigenvalue weighted by Gasteiger charge is -2.35. The number of aromatic nitrogens is 2. The molecule has 9 nitrogen and oxygen atoms in total. The standard InChI is InChI=1S/C26H28F2N4O5S/c1-16-15-36-11-10-32(16)22-14-21(26(2,3)38(4,34)35)29-24(30-22)17-12-19(27)23(20(28)13-17)31-25(33)37-18-8-6-5-7-9-18/h5-9,12-14,16H,10-11,15H2,1-4H3,(H,31,33)/t16-/m0/s1. The SMILES string of the molecule is C[C@H]1COCCN1c1cc(C(C)(C)S(C)(=O)=O)nc(-c2cc(F)c(NC(=O)Oc3ccccc3)c(F)c2)n1. The Bertz CT molecular complexity index is 1430. The highest BCUT2D eigenvalue weighted by molar-refractivity contribution is 7.91. The van der Waals surface area contributed by atoms with Gasteiger partial charge in [0, 0.05) is 24.4 Å². The molecule has 1 fully saturated rings. The van der Waals surface area contributed by atoms with Gasteiger partial charge < -0.3 is 14.4 Å². The number of nitrogens with one attached hydrogen (secondary N) is 1. The summed E-state index contributed by atoms with van der Waals surface area (Å²) in [7, 11) is -3.62. The van der Waals surface area contributed by atoms with Gasteiger partial charge in [0.25, 0.3) is 0 Å². The van der Waals surface area contributed by atoms with Gasteiger partial charge in [0.05, 0.1) is 24.9 Å². The molecule has 1 aliphatic heterocycles. The maximum Gasteiger partial charge on any atom is 0.417 e. The second kappa shape index (κ2) is 10.6. The van der Waals surface area contributed by atoms with Crippen molar-refractivity contribution < 1.29 is 31.5 Å². The van der Waals surface area contributed by atoms with Crippen LogP contribution in [0, 0.1) is 11.6 Å². The number of para-hydroxylation sites is 1. The number of carbonyl (C=O) groups is 1. The van der Waals surface area contributed by atoms with Crippen LogP contribution in [0.2, 0.25) is 0 Å². The number of amides is 1. The molecule has 1 atom stereocenters. The van der Waals surface area contributed by atoms with E-state index in [2.05, 4.69) is 15.3 Å². The van der Waals surface area contributed by atoms with Crippen LogP contribution in [-0.2, 0) is 19.3 Å². The van der Waals surface area contributed by atoms with Gasteiger partial charge in [0.15, 0.2) is 27.3 Å². The maximum atomic E-state index is 15.0. The summed E-state index contributed by atoms with van der Waals surface area (Å²) >= 11 is 0. The number of halogens is 2. The number of ether oxygens (including phenoxy) is 2. The van der Waals surface area contributed by atoms with Gasteiger partial charge in [-0.05, 0) is 45.0 Å². The van der Waals surface area contributed by atoms with Gasteiger partial charge in [-0.3, -0.25) is 5.32 Å². The highest BCUT2D eigenvalue weighted by atomic mass is 32.2. The molecule has 1 aliphatic rings. The molecule has 202 valence electrons. The third-order valence-corrected chi connectivity index (χ3v) is 8.46. The molecule has 1 N–H and O–H groups in total. The number of carbonyl (C=O) groups excluding carboxylic acids is 1. The Morgan fingerprint density at radius 1 is 1.13 bits per heavy atom. The van der Waals surface area contributed by atoms with E-state index in [1.807, 2.05) is 11.8 Å². The Morgan fingerprint density at radius 3 is 2.39 bits per heavy atom. The van der Waals surface area contributed by atoms with Gasteiger partial charge in [-0.2, -0.15) is 0 Å². The number of rotatable bonds is 6. The van der Waals surface area contributed by atoms with E-state index < -0.39 is 38.0 Å². The Morgan fingerprint density at radius 2 is 1.79 bits per heavy atom. The van der Waals surface area contributed by atoms with Gasteiger partial charge >= 0.3 is 6.09 Å². The lowest BCUT2D eigenvalue weighted by atomic mass is 10.1. The van der Waals surface area contributed by atoms with E-state index in [1.165, 1.54) is 26.0 Å². The predicted octanol–water partition coefficient (Wildman–Crippen LogP) is 4.54. The fraction of sp³-hybridized carbons (Fsp3) is 0.346. The van der Waals surface area contributed by atoms with E-state index >= 15 is 8.78 Å². The predicted molar refractivity (Wildman–Crippen MR) is 139 cm³/mol. The summed E-state index contributed by atoms with van der Waals surface area (Å²) in [6.45, 7) is 6.31. The van der Waals surface area contributed by atoms with Crippen molar-refractivity contribution in [1.29, 1.82) is 0 Å². The summed E-state index contributed by atoms with van der Waals surface area (Å²) in [6, 6.07) is 11.5. The Kier molecular flexibility index (Phi) is 7.65. The average molecular weight is 547 g/mol. The van der Waals surface area contributed by atoms with Crippen LogP contribution < -0.4 is 15.0 Å². The number of hydrogen-bond donors (Lipinski definition) is 1. The van der Waals surface area contributed by atoms with Crippen molar-refractivity contribution in [1.82, 2.24) is 9.97 Å². The quantitative estimate of drug-likeness (QED) is 0.480. The topological polar surface area (TPSA) is 111 Å². The molecule has 0 unspecified atom stereocenters. The van der Waals surface area contributed by atoms with Gasteiger partial charge in [0.1, 0.15) is 22.0 Å². The van der Waals surface area contributed by atoms with Crippen LogP contribution in [0.25, 0.3) is 11.4 Å². The monoisotopic (exact) mass is 546 g/mol.